The highest BCUT2D eigenvalue weighted by Crippen LogP contribution is 2.21. The number of hydrogen-bond donors (Lipinski definition) is 2. The van der Waals surface area contributed by atoms with E-state index < -0.39 is 0 Å². The zero-order chi connectivity index (χ0) is 13.7. The van der Waals surface area contributed by atoms with Crippen molar-refractivity contribution in [3.8, 4) is 0 Å². The van der Waals surface area contributed by atoms with Crippen molar-refractivity contribution < 1.29 is 4.79 Å². The molecule has 19 heavy (non-hydrogen) atoms. The Morgan fingerprint density at radius 2 is 2.16 bits per heavy atom. The van der Waals surface area contributed by atoms with Crippen LogP contribution in [-0.2, 0) is 11.3 Å². The normalized spacial score (nSPS) is 10.4. The third-order valence-corrected chi connectivity index (χ3v) is 4.18. The zero-order valence-electron chi connectivity index (χ0n) is 9.95. The molecule has 3 nitrogen and oxygen atoms in total. The van der Waals surface area contributed by atoms with Crippen LogP contribution in [-0.4, -0.2) is 12.5 Å². The highest BCUT2D eigenvalue weighted by molar-refractivity contribution is 9.11. The van der Waals surface area contributed by atoms with Gasteiger partial charge in [0.15, 0.2) is 0 Å². The molecule has 1 heterocycles. The quantitative estimate of drug-likeness (QED) is 0.850. The second-order valence-corrected chi connectivity index (χ2v) is 6.85. The highest BCUT2D eigenvalue weighted by Gasteiger charge is 2.03. The molecule has 0 aliphatic rings. The lowest BCUT2D eigenvalue weighted by Gasteiger charge is -2.06. The van der Waals surface area contributed by atoms with Crippen molar-refractivity contribution in [2.45, 2.75) is 6.54 Å². The number of carbonyl (C=O) groups is 1. The average molecular weight is 360 g/mol. The first-order valence-corrected chi connectivity index (χ1v) is 7.62. The van der Waals surface area contributed by atoms with Crippen LogP contribution in [0.4, 0.5) is 5.69 Å². The van der Waals surface area contributed by atoms with E-state index in [0.717, 1.165) is 3.79 Å². The fourth-order valence-corrected chi connectivity index (χ4v) is 3.16. The van der Waals surface area contributed by atoms with E-state index in [1.54, 1.807) is 35.6 Å². The molecule has 1 aromatic heterocycles. The molecule has 1 aromatic carbocycles. The number of amides is 1. The molecular weight excluding hydrogens is 348 g/mol. The SMILES string of the molecule is O=C(CNCc1ccc(Br)s1)Nc1cccc(Cl)c1. The molecule has 0 fully saturated rings. The lowest BCUT2D eigenvalue weighted by atomic mass is 10.3. The van der Waals surface area contributed by atoms with Crippen LogP contribution >= 0.6 is 38.9 Å². The van der Waals surface area contributed by atoms with Gasteiger partial charge in [-0.1, -0.05) is 17.7 Å². The minimum atomic E-state index is -0.0853. The van der Waals surface area contributed by atoms with Gasteiger partial charge in [-0.05, 0) is 46.3 Å². The van der Waals surface area contributed by atoms with Crippen molar-refractivity contribution in [1.82, 2.24) is 5.32 Å². The number of hydrogen-bond acceptors (Lipinski definition) is 3. The monoisotopic (exact) mass is 358 g/mol. The van der Waals surface area contributed by atoms with Gasteiger partial charge >= 0.3 is 0 Å². The molecule has 0 saturated heterocycles. The third kappa shape index (κ3) is 4.95. The Balaban J connectivity index is 1.76. The van der Waals surface area contributed by atoms with Crippen molar-refractivity contribution in [3.05, 3.63) is 50.1 Å². The van der Waals surface area contributed by atoms with Crippen molar-refractivity contribution in [1.29, 1.82) is 0 Å². The molecule has 2 aromatic rings. The Kier molecular flexibility index (Phi) is 5.39. The first kappa shape index (κ1) is 14.5. The van der Waals surface area contributed by atoms with Crippen LogP contribution in [0.5, 0.6) is 0 Å². The van der Waals surface area contributed by atoms with E-state index in [2.05, 4.69) is 26.6 Å². The van der Waals surface area contributed by atoms with Crippen LogP contribution in [0.15, 0.2) is 40.2 Å². The standard InChI is InChI=1S/C13H12BrClN2OS/c14-12-5-4-11(19-12)7-16-8-13(18)17-10-3-1-2-9(15)6-10/h1-6,16H,7-8H2,(H,17,18). The van der Waals surface area contributed by atoms with E-state index in [1.165, 1.54) is 4.88 Å². The van der Waals surface area contributed by atoms with Crippen LogP contribution < -0.4 is 10.6 Å². The molecule has 0 saturated carbocycles. The van der Waals surface area contributed by atoms with E-state index in [4.69, 9.17) is 11.6 Å². The molecule has 6 heteroatoms. The largest absolute Gasteiger partial charge is 0.325 e. The molecule has 0 spiro atoms. The fourth-order valence-electron chi connectivity index (χ4n) is 1.52. The van der Waals surface area contributed by atoms with E-state index in [-0.39, 0.29) is 12.5 Å². The Morgan fingerprint density at radius 1 is 1.32 bits per heavy atom. The molecule has 2 rings (SSSR count). The van der Waals surface area contributed by atoms with Gasteiger partial charge in [0, 0.05) is 22.1 Å². The summed E-state index contributed by atoms with van der Waals surface area (Å²) in [7, 11) is 0. The Hall–Kier alpha value is -0.880. The zero-order valence-corrected chi connectivity index (χ0v) is 13.1. The maximum Gasteiger partial charge on any atom is 0.238 e. The van der Waals surface area contributed by atoms with Crippen molar-refractivity contribution in [2.75, 3.05) is 11.9 Å². The van der Waals surface area contributed by atoms with Gasteiger partial charge in [-0.25, -0.2) is 0 Å². The molecule has 100 valence electrons. The van der Waals surface area contributed by atoms with Crippen LogP contribution in [0.1, 0.15) is 4.88 Å². The summed E-state index contributed by atoms with van der Waals surface area (Å²) in [6, 6.07) is 11.1. The number of carbonyl (C=O) groups excluding carboxylic acids is 1. The minimum Gasteiger partial charge on any atom is -0.325 e. The first-order chi connectivity index (χ1) is 9.13. The summed E-state index contributed by atoms with van der Waals surface area (Å²) in [5, 5.41) is 6.48. The average Bonchev–Trinajstić information content (AvgIpc) is 2.75. The van der Waals surface area contributed by atoms with Gasteiger partial charge in [0.05, 0.1) is 10.3 Å². The molecule has 0 unspecified atom stereocenters. The molecule has 2 N–H and O–H groups in total. The first-order valence-electron chi connectivity index (χ1n) is 5.64. The predicted octanol–water partition coefficient (Wildman–Crippen LogP) is 3.89. The fraction of sp³-hybridized carbons (Fsp3) is 0.154. The van der Waals surface area contributed by atoms with E-state index in [1.807, 2.05) is 12.1 Å². The smallest absolute Gasteiger partial charge is 0.238 e. The van der Waals surface area contributed by atoms with Crippen LogP contribution in [0.2, 0.25) is 5.02 Å². The van der Waals surface area contributed by atoms with Gasteiger partial charge in [-0.15, -0.1) is 11.3 Å². The summed E-state index contributed by atoms with van der Waals surface area (Å²) in [5.74, 6) is -0.0853. The number of rotatable bonds is 5. The van der Waals surface area contributed by atoms with Gasteiger partial charge in [-0.2, -0.15) is 0 Å². The number of halogens is 2. The molecule has 1 amide bonds. The Labute approximate surface area is 129 Å². The maximum atomic E-state index is 11.7. The van der Waals surface area contributed by atoms with E-state index in [0.29, 0.717) is 17.3 Å². The van der Waals surface area contributed by atoms with Gasteiger partial charge in [0.2, 0.25) is 5.91 Å². The molecule has 0 aliphatic carbocycles. The third-order valence-electron chi connectivity index (χ3n) is 2.32. The second kappa shape index (κ2) is 7.05. The highest BCUT2D eigenvalue weighted by atomic mass is 79.9. The number of benzene rings is 1. The summed E-state index contributed by atoms with van der Waals surface area (Å²) in [6.07, 6.45) is 0. The summed E-state index contributed by atoms with van der Waals surface area (Å²) >= 11 is 10.9. The summed E-state index contributed by atoms with van der Waals surface area (Å²) < 4.78 is 1.09. The van der Waals surface area contributed by atoms with E-state index in [9.17, 15) is 4.79 Å². The molecule has 0 radical (unpaired) electrons. The van der Waals surface area contributed by atoms with Crippen molar-refractivity contribution in [2.24, 2.45) is 0 Å². The molecule has 0 atom stereocenters. The van der Waals surface area contributed by atoms with E-state index >= 15 is 0 Å². The van der Waals surface area contributed by atoms with Crippen LogP contribution in [0, 0.1) is 0 Å². The summed E-state index contributed by atoms with van der Waals surface area (Å²) in [6.45, 7) is 0.946. The van der Waals surface area contributed by atoms with Crippen LogP contribution in [0.25, 0.3) is 0 Å². The molecular formula is C13H12BrClN2OS. The lowest BCUT2D eigenvalue weighted by Crippen LogP contribution is -2.27. The summed E-state index contributed by atoms with van der Waals surface area (Å²) in [4.78, 5) is 12.9. The number of anilines is 1. The Bertz CT molecular complexity index is 573. The van der Waals surface area contributed by atoms with Gasteiger partial charge < -0.3 is 10.6 Å². The van der Waals surface area contributed by atoms with Gasteiger partial charge in [0.25, 0.3) is 0 Å². The summed E-state index contributed by atoms with van der Waals surface area (Å²) in [5.41, 5.74) is 0.707. The van der Waals surface area contributed by atoms with Gasteiger partial charge in [0.1, 0.15) is 0 Å². The topological polar surface area (TPSA) is 41.1 Å². The van der Waals surface area contributed by atoms with Crippen molar-refractivity contribution >= 4 is 50.5 Å². The van der Waals surface area contributed by atoms with Gasteiger partial charge in [-0.3, -0.25) is 4.79 Å². The number of nitrogens with one attached hydrogen (secondary N) is 2. The number of thiophene rings is 1. The molecule has 0 aliphatic heterocycles. The lowest BCUT2D eigenvalue weighted by molar-refractivity contribution is -0.115. The predicted molar refractivity (Wildman–Crippen MR) is 83.8 cm³/mol. The minimum absolute atomic E-state index is 0.0853. The van der Waals surface area contributed by atoms with Crippen LogP contribution in [0.3, 0.4) is 0 Å². The van der Waals surface area contributed by atoms with Crippen molar-refractivity contribution in [3.63, 3.8) is 0 Å². The molecule has 0 bridgehead atoms. The Morgan fingerprint density at radius 3 is 2.84 bits per heavy atom. The maximum absolute atomic E-state index is 11.7. The second-order valence-electron chi connectivity index (χ2n) is 3.87.